The summed E-state index contributed by atoms with van der Waals surface area (Å²) in [5, 5.41) is 10.3. The van der Waals surface area contributed by atoms with Crippen LogP contribution in [0, 0.1) is 12.7 Å². The summed E-state index contributed by atoms with van der Waals surface area (Å²) in [6.07, 6.45) is -0.568. The first-order valence-electron chi connectivity index (χ1n) is 6.87. The molecular formula is C17H17FO3. The van der Waals surface area contributed by atoms with Crippen molar-refractivity contribution < 1.29 is 19.0 Å². The Balaban J connectivity index is 1.92. The SMILES string of the molecule is COc1ccc(C2CC(O)c3cc(C)ccc3O2)cc1F. The van der Waals surface area contributed by atoms with Gasteiger partial charge in [-0.3, -0.25) is 0 Å². The molecule has 0 aromatic heterocycles. The number of aliphatic hydroxyl groups excluding tert-OH is 1. The standard InChI is InChI=1S/C17H17FO3/c1-10-3-5-15-12(7-10)14(19)9-17(21-15)11-4-6-16(20-2)13(18)8-11/h3-8,14,17,19H,9H2,1-2H3. The topological polar surface area (TPSA) is 38.7 Å². The second-order valence-corrected chi connectivity index (χ2v) is 5.29. The zero-order chi connectivity index (χ0) is 15.0. The average molecular weight is 288 g/mol. The molecule has 0 radical (unpaired) electrons. The molecule has 1 N–H and O–H groups in total. The molecule has 1 heterocycles. The van der Waals surface area contributed by atoms with Gasteiger partial charge in [-0.25, -0.2) is 4.39 Å². The summed E-state index contributed by atoms with van der Waals surface area (Å²) in [5.41, 5.74) is 2.56. The highest BCUT2D eigenvalue weighted by Gasteiger charge is 2.28. The molecule has 3 rings (SSSR count). The minimum Gasteiger partial charge on any atom is -0.494 e. The molecule has 0 fully saturated rings. The molecule has 0 aliphatic carbocycles. The number of benzene rings is 2. The van der Waals surface area contributed by atoms with Gasteiger partial charge in [0.1, 0.15) is 11.9 Å². The molecule has 2 aromatic carbocycles. The van der Waals surface area contributed by atoms with Crippen molar-refractivity contribution in [2.75, 3.05) is 7.11 Å². The van der Waals surface area contributed by atoms with Crippen molar-refractivity contribution in [3.63, 3.8) is 0 Å². The Hall–Kier alpha value is -2.07. The fraction of sp³-hybridized carbons (Fsp3) is 0.294. The number of methoxy groups -OCH3 is 1. The highest BCUT2D eigenvalue weighted by atomic mass is 19.1. The molecule has 1 aliphatic rings. The van der Waals surface area contributed by atoms with E-state index >= 15 is 0 Å². The normalized spacial score (nSPS) is 20.6. The number of ether oxygens (including phenoxy) is 2. The molecule has 0 spiro atoms. The summed E-state index contributed by atoms with van der Waals surface area (Å²) < 4.78 is 24.6. The van der Waals surface area contributed by atoms with E-state index in [0.29, 0.717) is 17.7 Å². The van der Waals surface area contributed by atoms with Crippen molar-refractivity contribution in [1.29, 1.82) is 0 Å². The van der Waals surface area contributed by atoms with Gasteiger partial charge in [0, 0.05) is 12.0 Å². The van der Waals surface area contributed by atoms with E-state index in [1.165, 1.54) is 13.2 Å². The molecule has 21 heavy (non-hydrogen) atoms. The van der Waals surface area contributed by atoms with E-state index in [1.807, 2.05) is 25.1 Å². The third-order valence-electron chi connectivity index (χ3n) is 3.78. The molecule has 110 valence electrons. The molecule has 2 aromatic rings. The lowest BCUT2D eigenvalue weighted by atomic mass is 9.94. The lowest BCUT2D eigenvalue weighted by Crippen LogP contribution is -2.19. The maximum atomic E-state index is 13.8. The van der Waals surface area contributed by atoms with E-state index in [0.717, 1.165) is 11.1 Å². The summed E-state index contributed by atoms with van der Waals surface area (Å²) in [6, 6.07) is 10.4. The second kappa shape index (κ2) is 5.37. The smallest absolute Gasteiger partial charge is 0.165 e. The zero-order valence-electron chi connectivity index (χ0n) is 12.0. The van der Waals surface area contributed by atoms with Gasteiger partial charge in [0.05, 0.1) is 13.2 Å². The number of aryl methyl sites for hydroxylation is 1. The number of hydrogen-bond acceptors (Lipinski definition) is 3. The van der Waals surface area contributed by atoms with Gasteiger partial charge in [0.2, 0.25) is 0 Å². The fourth-order valence-corrected chi connectivity index (χ4v) is 2.65. The van der Waals surface area contributed by atoms with Crippen molar-refractivity contribution in [2.24, 2.45) is 0 Å². The monoisotopic (exact) mass is 288 g/mol. The Labute approximate surface area is 122 Å². The largest absolute Gasteiger partial charge is 0.494 e. The lowest BCUT2D eigenvalue weighted by molar-refractivity contribution is 0.0655. The van der Waals surface area contributed by atoms with Crippen LogP contribution in [-0.4, -0.2) is 12.2 Å². The quantitative estimate of drug-likeness (QED) is 0.915. The molecular weight excluding hydrogens is 271 g/mol. The van der Waals surface area contributed by atoms with Crippen molar-refractivity contribution in [1.82, 2.24) is 0 Å². The van der Waals surface area contributed by atoms with Crippen LogP contribution in [0.4, 0.5) is 4.39 Å². The summed E-state index contributed by atoms with van der Waals surface area (Å²) in [7, 11) is 1.43. The van der Waals surface area contributed by atoms with Crippen molar-refractivity contribution >= 4 is 0 Å². The Morgan fingerprint density at radius 2 is 2.05 bits per heavy atom. The Morgan fingerprint density at radius 1 is 1.24 bits per heavy atom. The van der Waals surface area contributed by atoms with Crippen LogP contribution < -0.4 is 9.47 Å². The van der Waals surface area contributed by atoms with Gasteiger partial charge in [-0.05, 0) is 36.8 Å². The van der Waals surface area contributed by atoms with Gasteiger partial charge in [-0.15, -0.1) is 0 Å². The summed E-state index contributed by atoms with van der Waals surface area (Å²) >= 11 is 0. The van der Waals surface area contributed by atoms with E-state index < -0.39 is 11.9 Å². The zero-order valence-corrected chi connectivity index (χ0v) is 12.0. The number of hydrogen-bond donors (Lipinski definition) is 1. The van der Waals surface area contributed by atoms with Crippen molar-refractivity contribution in [3.05, 3.63) is 58.9 Å². The van der Waals surface area contributed by atoms with Gasteiger partial charge < -0.3 is 14.6 Å². The molecule has 3 nitrogen and oxygen atoms in total. The van der Waals surface area contributed by atoms with Crippen LogP contribution in [0.1, 0.15) is 35.3 Å². The van der Waals surface area contributed by atoms with Crippen LogP contribution in [0.25, 0.3) is 0 Å². The first kappa shape index (κ1) is 13.9. The van der Waals surface area contributed by atoms with Crippen LogP contribution >= 0.6 is 0 Å². The van der Waals surface area contributed by atoms with Crippen LogP contribution in [-0.2, 0) is 0 Å². The summed E-state index contributed by atoms with van der Waals surface area (Å²) in [5.74, 6) is 0.425. The highest BCUT2D eigenvalue weighted by Crippen LogP contribution is 2.41. The van der Waals surface area contributed by atoms with E-state index in [-0.39, 0.29) is 11.9 Å². The van der Waals surface area contributed by atoms with Crippen LogP contribution in [0.5, 0.6) is 11.5 Å². The Kier molecular flexibility index (Phi) is 3.55. The van der Waals surface area contributed by atoms with Crippen molar-refractivity contribution in [2.45, 2.75) is 25.6 Å². The average Bonchev–Trinajstić information content (AvgIpc) is 2.47. The van der Waals surface area contributed by atoms with Crippen LogP contribution in [0.15, 0.2) is 36.4 Å². The highest BCUT2D eigenvalue weighted by molar-refractivity contribution is 5.41. The van der Waals surface area contributed by atoms with Gasteiger partial charge in [0.15, 0.2) is 11.6 Å². The molecule has 0 saturated carbocycles. The minimum absolute atomic E-state index is 0.200. The Morgan fingerprint density at radius 3 is 2.76 bits per heavy atom. The second-order valence-electron chi connectivity index (χ2n) is 5.29. The molecule has 2 atom stereocenters. The predicted octanol–water partition coefficient (Wildman–Crippen LogP) is 3.70. The molecule has 0 saturated heterocycles. The maximum Gasteiger partial charge on any atom is 0.165 e. The lowest BCUT2D eigenvalue weighted by Gasteiger charge is -2.30. The number of halogens is 1. The maximum absolute atomic E-state index is 13.8. The van der Waals surface area contributed by atoms with E-state index in [9.17, 15) is 9.50 Å². The van der Waals surface area contributed by atoms with Gasteiger partial charge >= 0.3 is 0 Å². The first-order valence-corrected chi connectivity index (χ1v) is 6.87. The van der Waals surface area contributed by atoms with Crippen LogP contribution in [0.3, 0.4) is 0 Å². The summed E-state index contributed by atoms with van der Waals surface area (Å²) in [6.45, 7) is 1.97. The number of fused-ring (bicyclic) bond motifs is 1. The van der Waals surface area contributed by atoms with E-state index in [2.05, 4.69) is 0 Å². The Bertz CT molecular complexity index is 669. The van der Waals surface area contributed by atoms with Gasteiger partial charge in [-0.2, -0.15) is 0 Å². The van der Waals surface area contributed by atoms with E-state index in [4.69, 9.17) is 9.47 Å². The van der Waals surface area contributed by atoms with Crippen LogP contribution in [0.2, 0.25) is 0 Å². The third kappa shape index (κ3) is 2.59. The molecule has 0 amide bonds. The summed E-state index contributed by atoms with van der Waals surface area (Å²) in [4.78, 5) is 0. The first-order chi connectivity index (χ1) is 10.1. The predicted molar refractivity (Wildman–Crippen MR) is 77.1 cm³/mol. The number of aliphatic hydroxyl groups is 1. The molecule has 2 unspecified atom stereocenters. The van der Waals surface area contributed by atoms with Gasteiger partial charge in [-0.1, -0.05) is 17.7 Å². The van der Waals surface area contributed by atoms with E-state index in [1.54, 1.807) is 12.1 Å². The number of rotatable bonds is 2. The molecule has 0 bridgehead atoms. The molecule has 4 heteroatoms. The fourth-order valence-electron chi connectivity index (χ4n) is 2.65. The minimum atomic E-state index is -0.608. The third-order valence-corrected chi connectivity index (χ3v) is 3.78. The molecule has 1 aliphatic heterocycles. The van der Waals surface area contributed by atoms with Gasteiger partial charge in [0.25, 0.3) is 0 Å². The van der Waals surface area contributed by atoms with Crippen molar-refractivity contribution in [3.8, 4) is 11.5 Å².